The molecule has 0 radical (unpaired) electrons. The largest absolute Gasteiger partial charge is 0.481 e. The van der Waals surface area contributed by atoms with E-state index in [0.29, 0.717) is 6.42 Å². The molecule has 0 fully saturated rings. The van der Waals surface area contributed by atoms with Crippen molar-refractivity contribution < 1.29 is 9.90 Å². The van der Waals surface area contributed by atoms with Gasteiger partial charge in [-0.05, 0) is 6.42 Å². The Balaban J connectivity index is 2.98. The van der Waals surface area contributed by atoms with Crippen molar-refractivity contribution in [2.75, 3.05) is 20.6 Å². The fourth-order valence-electron chi connectivity index (χ4n) is 0.542. The van der Waals surface area contributed by atoms with Crippen molar-refractivity contribution in [3.8, 4) is 0 Å². The van der Waals surface area contributed by atoms with E-state index >= 15 is 0 Å². The number of nitrogens with one attached hydrogen (secondary N) is 1. The monoisotopic (exact) mass is 146 g/mol. The molecular weight excluding hydrogens is 132 g/mol. The van der Waals surface area contributed by atoms with Crippen molar-refractivity contribution in [2.45, 2.75) is 12.8 Å². The van der Waals surface area contributed by atoms with Gasteiger partial charge in [0.25, 0.3) is 0 Å². The van der Waals surface area contributed by atoms with Crippen molar-refractivity contribution in [1.82, 2.24) is 10.4 Å². The van der Waals surface area contributed by atoms with Crippen molar-refractivity contribution >= 4 is 5.97 Å². The topological polar surface area (TPSA) is 52.6 Å². The third-order valence-electron chi connectivity index (χ3n) is 0.995. The van der Waals surface area contributed by atoms with Gasteiger partial charge < -0.3 is 5.11 Å². The molecule has 0 aliphatic heterocycles. The predicted molar refractivity (Wildman–Crippen MR) is 38.6 cm³/mol. The minimum atomic E-state index is -0.736. The molecule has 0 spiro atoms. The standard InChI is InChI=1S/C6H14N2O2/c1-8(2)7-5-3-4-6(9)10/h7H,3-5H2,1-2H3,(H,9,10). The second-order valence-corrected chi connectivity index (χ2v) is 2.30. The van der Waals surface area contributed by atoms with Crippen LogP contribution in [-0.2, 0) is 4.79 Å². The third-order valence-corrected chi connectivity index (χ3v) is 0.995. The SMILES string of the molecule is CN(C)NCCCC(=O)O. The van der Waals surface area contributed by atoms with Gasteiger partial charge in [-0.15, -0.1) is 0 Å². The normalized spacial score (nSPS) is 10.3. The summed E-state index contributed by atoms with van der Waals surface area (Å²) >= 11 is 0. The van der Waals surface area contributed by atoms with Gasteiger partial charge >= 0.3 is 5.97 Å². The van der Waals surface area contributed by atoms with E-state index < -0.39 is 5.97 Å². The first-order chi connectivity index (χ1) is 4.63. The Hall–Kier alpha value is -0.610. The molecule has 60 valence electrons. The highest BCUT2D eigenvalue weighted by Crippen LogP contribution is 1.85. The van der Waals surface area contributed by atoms with E-state index in [1.165, 1.54) is 0 Å². The zero-order chi connectivity index (χ0) is 7.98. The molecular formula is C6H14N2O2. The smallest absolute Gasteiger partial charge is 0.303 e. The van der Waals surface area contributed by atoms with Crippen LogP contribution in [-0.4, -0.2) is 36.7 Å². The molecule has 0 rings (SSSR count). The predicted octanol–water partition coefficient (Wildman–Crippen LogP) is -0.0826. The van der Waals surface area contributed by atoms with Crippen LogP contribution in [0.15, 0.2) is 0 Å². The molecule has 0 saturated heterocycles. The van der Waals surface area contributed by atoms with Crippen LogP contribution in [0.1, 0.15) is 12.8 Å². The molecule has 0 bridgehead atoms. The lowest BCUT2D eigenvalue weighted by molar-refractivity contribution is -0.137. The van der Waals surface area contributed by atoms with Crippen molar-refractivity contribution in [1.29, 1.82) is 0 Å². The minimum Gasteiger partial charge on any atom is -0.481 e. The van der Waals surface area contributed by atoms with E-state index in [2.05, 4.69) is 5.43 Å². The number of carbonyl (C=O) groups is 1. The van der Waals surface area contributed by atoms with E-state index in [4.69, 9.17) is 5.11 Å². The molecule has 0 aliphatic rings. The van der Waals surface area contributed by atoms with Crippen LogP contribution in [0.5, 0.6) is 0 Å². The van der Waals surface area contributed by atoms with Crippen molar-refractivity contribution in [3.63, 3.8) is 0 Å². The first-order valence-corrected chi connectivity index (χ1v) is 3.25. The Bertz CT molecular complexity index is 104. The quantitative estimate of drug-likeness (QED) is 0.420. The maximum absolute atomic E-state index is 10.0. The Labute approximate surface area is 60.8 Å². The molecule has 0 aromatic rings. The minimum absolute atomic E-state index is 0.237. The summed E-state index contributed by atoms with van der Waals surface area (Å²) in [5.41, 5.74) is 2.97. The summed E-state index contributed by atoms with van der Waals surface area (Å²) in [7, 11) is 3.75. The second kappa shape index (κ2) is 5.20. The van der Waals surface area contributed by atoms with E-state index in [1.807, 2.05) is 19.1 Å². The molecule has 0 heterocycles. The fraction of sp³-hybridized carbons (Fsp3) is 0.833. The average Bonchev–Trinajstić information content (AvgIpc) is 1.79. The molecule has 0 atom stereocenters. The molecule has 0 amide bonds. The maximum Gasteiger partial charge on any atom is 0.303 e. The van der Waals surface area contributed by atoms with Crippen LogP contribution in [0.4, 0.5) is 0 Å². The van der Waals surface area contributed by atoms with Gasteiger partial charge in [0.15, 0.2) is 0 Å². The highest BCUT2D eigenvalue weighted by molar-refractivity contribution is 5.66. The van der Waals surface area contributed by atoms with Crippen molar-refractivity contribution in [3.05, 3.63) is 0 Å². The van der Waals surface area contributed by atoms with E-state index in [0.717, 1.165) is 6.54 Å². The van der Waals surface area contributed by atoms with Crippen LogP contribution in [0.3, 0.4) is 0 Å². The van der Waals surface area contributed by atoms with Gasteiger partial charge in [-0.1, -0.05) is 0 Å². The van der Waals surface area contributed by atoms with Gasteiger partial charge in [0.2, 0.25) is 0 Å². The summed E-state index contributed by atoms with van der Waals surface area (Å²) in [5.74, 6) is -0.736. The third kappa shape index (κ3) is 7.39. The van der Waals surface area contributed by atoms with E-state index in [9.17, 15) is 4.79 Å². The number of hydrogen-bond acceptors (Lipinski definition) is 3. The molecule has 0 saturated carbocycles. The highest BCUT2D eigenvalue weighted by Gasteiger charge is 1.95. The molecule has 0 aliphatic carbocycles. The van der Waals surface area contributed by atoms with Crippen LogP contribution >= 0.6 is 0 Å². The number of rotatable bonds is 5. The van der Waals surface area contributed by atoms with E-state index in [-0.39, 0.29) is 6.42 Å². The van der Waals surface area contributed by atoms with Gasteiger partial charge in [-0.2, -0.15) is 0 Å². The number of hydrazine groups is 1. The lowest BCUT2D eigenvalue weighted by atomic mass is 10.3. The molecule has 4 nitrogen and oxygen atoms in total. The Morgan fingerprint density at radius 2 is 2.20 bits per heavy atom. The lowest BCUT2D eigenvalue weighted by Gasteiger charge is -2.10. The highest BCUT2D eigenvalue weighted by atomic mass is 16.4. The molecule has 0 unspecified atom stereocenters. The average molecular weight is 146 g/mol. The lowest BCUT2D eigenvalue weighted by Crippen LogP contribution is -2.31. The number of carboxylic acids is 1. The summed E-state index contributed by atoms with van der Waals surface area (Å²) in [6, 6.07) is 0. The van der Waals surface area contributed by atoms with Gasteiger partial charge in [0.1, 0.15) is 0 Å². The van der Waals surface area contributed by atoms with Gasteiger partial charge in [-0.25, -0.2) is 0 Å². The van der Waals surface area contributed by atoms with E-state index in [1.54, 1.807) is 0 Å². The summed E-state index contributed by atoms with van der Waals surface area (Å²) < 4.78 is 0. The summed E-state index contributed by atoms with van der Waals surface area (Å²) in [6.07, 6.45) is 0.911. The zero-order valence-electron chi connectivity index (χ0n) is 6.42. The fourth-order valence-corrected chi connectivity index (χ4v) is 0.542. The summed E-state index contributed by atoms with van der Waals surface area (Å²) in [5, 5.41) is 10.0. The second-order valence-electron chi connectivity index (χ2n) is 2.30. The van der Waals surface area contributed by atoms with Crippen molar-refractivity contribution in [2.24, 2.45) is 0 Å². The van der Waals surface area contributed by atoms with Crippen LogP contribution in [0.2, 0.25) is 0 Å². The first-order valence-electron chi connectivity index (χ1n) is 3.25. The van der Waals surface area contributed by atoms with Gasteiger partial charge in [0.05, 0.1) is 0 Å². The molecule has 4 heteroatoms. The van der Waals surface area contributed by atoms with Gasteiger partial charge in [-0.3, -0.25) is 15.2 Å². The van der Waals surface area contributed by atoms with Crippen LogP contribution in [0, 0.1) is 0 Å². The van der Waals surface area contributed by atoms with Gasteiger partial charge in [0, 0.05) is 27.1 Å². The van der Waals surface area contributed by atoms with Crippen LogP contribution in [0.25, 0.3) is 0 Å². The summed E-state index contributed by atoms with van der Waals surface area (Å²) in [6.45, 7) is 0.722. The summed E-state index contributed by atoms with van der Waals surface area (Å²) in [4.78, 5) is 10.0. The molecule has 2 N–H and O–H groups in total. The number of aliphatic carboxylic acids is 1. The molecule has 0 aromatic carbocycles. The maximum atomic E-state index is 10.0. The molecule has 10 heavy (non-hydrogen) atoms. The number of hydrogen-bond donors (Lipinski definition) is 2. The molecule has 0 aromatic heterocycles. The Morgan fingerprint density at radius 1 is 1.60 bits per heavy atom. The zero-order valence-corrected chi connectivity index (χ0v) is 6.42. The van der Waals surface area contributed by atoms with Crippen LogP contribution < -0.4 is 5.43 Å². The number of carboxylic acid groups (broad SMARTS) is 1. The first kappa shape index (κ1) is 9.39. The number of nitrogens with zero attached hydrogens (tertiary/aromatic N) is 1. The Kier molecular flexibility index (Phi) is 4.88. The Morgan fingerprint density at radius 3 is 2.60 bits per heavy atom.